The van der Waals surface area contributed by atoms with Crippen LogP contribution >= 0.6 is 0 Å². The molecule has 2 aromatic rings. The zero-order chi connectivity index (χ0) is 19.8. The maximum absolute atomic E-state index is 12.3. The molecule has 0 aliphatic carbocycles. The molecule has 0 saturated carbocycles. The maximum Gasteiger partial charge on any atom is 0.337 e. The van der Waals surface area contributed by atoms with Gasteiger partial charge in [0.25, 0.3) is 0 Å². The average Bonchev–Trinajstić information content (AvgIpc) is 2.66. The number of benzene rings is 2. The highest BCUT2D eigenvalue weighted by molar-refractivity contribution is 5.92. The van der Waals surface area contributed by atoms with Crippen molar-refractivity contribution in [3.05, 3.63) is 71.3 Å². The summed E-state index contributed by atoms with van der Waals surface area (Å²) >= 11 is 0. The van der Waals surface area contributed by atoms with Crippen LogP contribution in [0.15, 0.2) is 54.6 Å². The van der Waals surface area contributed by atoms with Crippen LogP contribution in [-0.2, 0) is 20.9 Å². The molecule has 1 N–H and O–H groups in total. The van der Waals surface area contributed by atoms with Crippen molar-refractivity contribution in [1.29, 1.82) is 0 Å². The molecule has 0 spiro atoms. The number of carbonyl (C=O) groups excluding carboxylic acids is 3. The lowest BCUT2D eigenvalue weighted by Crippen LogP contribution is -2.24. The molecule has 0 heterocycles. The Morgan fingerprint density at radius 2 is 1.67 bits per heavy atom. The van der Waals surface area contributed by atoms with Gasteiger partial charge in [-0.15, -0.1) is 0 Å². The highest BCUT2D eigenvalue weighted by Crippen LogP contribution is 2.12. The summed E-state index contributed by atoms with van der Waals surface area (Å²) in [7, 11) is 3.04. The SMILES string of the molecule is COC(=O)c1ccc(CN(C)C(=O)/C=C/c2ccc(NC(C)=O)cc2)cc1. The fraction of sp³-hybridized carbons (Fsp3) is 0.190. The number of rotatable bonds is 6. The summed E-state index contributed by atoms with van der Waals surface area (Å²) in [5.74, 6) is -0.661. The van der Waals surface area contributed by atoms with Gasteiger partial charge in [0.05, 0.1) is 12.7 Å². The van der Waals surface area contributed by atoms with Gasteiger partial charge in [-0.1, -0.05) is 24.3 Å². The van der Waals surface area contributed by atoms with Gasteiger partial charge < -0.3 is 15.0 Å². The molecule has 0 bridgehead atoms. The van der Waals surface area contributed by atoms with Crippen molar-refractivity contribution in [2.24, 2.45) is 0 Å². The third-order valence-electron chi connectivity index (χ3n) is 3.82. The van der Waals surface area contributed by atoms with Crippen LogP contribution in [0.2, 0.25) is 0 Å². The molecule has 0 unspecified atom stereocenters. The standard InChI is InChI=1S/C21H22N2O4/c1-15(24)22-19-11-6-16(7-12-19)8-13-20(25)23(2)14-17-4-9-18(10-5-17)21(26)27-3/h4-13H,14H2,1-3H3,(H,22,24)/b13-8+. The minimum Gasteiger partial charge on any atom is -0.465 e. The second-order valence-electron chi connectivity index (χ2n) is 6.02. The molecular weight excluding hydrogens is 344 g/mol. The van der Waals surface area contributed by atoms with Crippen LogP contribution in [0.4, 0.5) is 5.69 Å². The number of ether oxygens (including phenoxy) is 1. The summed E-state index contributed by atoms with van der Waals surface area (Å²) < 4.78 is 4.66. The van der Waals surface area contributed by atoms with E-state index < -0.39 is 5.97 Å². The minimum atomic E-state index is -0.390. The molecule has 6 nitrogen and oxygen atoms in total. The fourth-order valence-corrected chi connectivity index (χ4v) is 2.39. The van der Waals surface area contributed by atoms with Crippen LogP contribution < -0.4 is 5.32 Å². The number of nitrogens with one attached hydrogen (secondary N) is 1. The third-order valence-corrected chi connectivity index (χ3v) is 3.82. The number of methoxy groups -OCH3 is 1. The van der Waals surface area contributed by atoms with E-state index in [-0.39, 0.29) is 11.8 Å². The van der Waals surface area contributed by atoms with Gasteiger partial charge in [-0.25, -0.2) is 4.79 Å². The Labute approximate surface area is 158 Å². The summed E-state index contributed by atoms with van der Waals surface area (Å²) in [6.07, 6.45) is 3.22. The summed E-state index contributed by atoms with van der Waals surface area (Å²) in [6, 6.07) is 14.1. The molecule has 140 valence electrons. The first-order chi connectivity index (χ1) is 12.9. The molecule has 2 amide bonds. The van der Waals surface area contributed by atoms with E-state index in [4.69, 9.17) is 0 Å². The lowest BCUT2D eigenvalue weighted by Gasteiger charge is -2.15. The van der Waals surface area contributed by atoms with Crippen LogP contribution in [-0.4, -0.2) is 36.8 Å². The van der Waals surface area contributed by atoms with Crippen molar-refractivity contribution >= 4 is 29.5 Å². The molecule has 2 aromatic carbocycles. The Morgan fingerprint density at radius 1 is 1.04 bits per heavy atom. The first kappa shape index (κ1) is 19.9. The molecule has 6 heteroatoms. The van der Waals surface area contributed by atoms with Gasteiger partial charge in [0, 0.05) is 32.3 Å². The number of amides is 2. The quantitative estimate of drug-likeness (QED) is 0.630. The summed E-state index contributed by atoms with van der Waals surface area (Å²) in [6.45, 7) is 1.87. The molecule has 0 aromatic heterocycles. The van der Waals surface area contributed by atoms with Gasteiger partial charge in [-0.05, 0) is 41.5 Å². The Balaban J connectivity index is 1.93. The van der Waals surface area contributed by atoms with Gasteiger partial charge in [-0.2, -0.15) is 0 Å². The molecule has 27 heavy (non-hydrogen) atoms. The fourth-order valence-electron chi connectivity index (χ4n) is 2.39. The second-order valence-corrected chi connectivity index (χ2v) is 6.02. The highest BCUT2D eigenvalue weighted by Gasteiger charge is 2.08. The lowest BCUT2D eigenvalue weighted by atomic mass is 10.1. The number of nitrogens with zero attached hydrogens (tertiary/aromatic N) is 1. The van der Waals surface area contributed by atoms with E-state index in [1.807, 2.05) is 12.1 Å². The Morgan fingerprint density at radius 3 is 2.22 bits per heavy atom. The van der Waals surface area contributed by atoms with E-state index in [1.54, 1.807) is 54.4 Å². The van der Waals surface area contributed by atoms with E-state index in [0.29, 0.717) is 17.8 Å². The third kappa shape index (κ3) is 6.11. The van der Waals surface area contributed by atoms with Crippen molar-refractivity contribution in [3.63, 3.8) is 0 Å². The summed E-state index contributed by atoms with van der Waals surface area (Å²) in [5, 5.41) is 2.69. The van der Waals surface area contributed by atoms with Crippen LogP contribution in [0.1, 0.15) is 28.4 Å². The Kier molecular flexibility index (Phi) is 6.88. The number of esters is 1. The van der Waals surface area contributed by atoms with Crippen LogP contribution in [0, 0.1) is 0 Å². The molecule has 0 aliphatic heterocycles. The molecule has 0 fully saturated rings. The number of carbonyl (C=O) groups is 3. The molecular formula is C21H22N2O4. The first-order valence-corrected chi connectivity index (χ1v) is 8.37. The molecule has 0 saturated heterocycles. The lowest BCUT2D eigenvalue weighted by molar-refractivity contribution is -0.125. The summed E-state index contributed by atoms with van der Waals surface area (Å²) in [5.41, 5.74) is 2.94. The maximum atomic E-state index is 12.3. The van der Waals surface area contributed by atoms with Gasteiger partial charge in [-0.3, -0.25) is 9.59 Å². The van der Waals surface area contributed by atoms with Gasteiger partial charge >= 0.3 is 5.97 Å². The predicted octanol–water partition coefficient (Wildman–Crippen LogP) is 3.10. The van der Waals surface area contributed by atoms with Crippen LogP contribution in [0.5, 0.6) is 0 Å². The Bertz CT molecular complexity index is 839. The number of likely N-dealkylation sites (N-methyl/N-ethyl adjacent to an activating group) is 1. The van der Waals surface area contributed by atoms with E-state index in [0.717, 1.165) is 11.1 Å². The van der Waals surface area contributed by atoms with E-state index in [1.165, 1.54) is 20.1 Å². The van der Waals surface area contributed by atoms with Gasteiger partial charge in [0.1, 0.15) is 0 Å². The van der Waals surface area contributed by atoms with Crippen LogP contribution in [0.25, 0.3) is 6.08 Å². The summed E-state index contributed by atoms with van der Waals surface area (Å²) in [4.78, 5) is 36.3. The number of anilines is 1. The van der Waals surface area contributed by atoms with Crippen LogP contribution in [0.3, 0.4) is 0 Å². The van der Waals surface area contributed by atoms with Crippen molar-refractivity contribution in [1.82, 2.24) is 4.90 Å². The Hall–Kier alpha value is -3.41. The van der Waals surface area contributed by atoms with Gasteiger partial charge in [0.15, 0.2) is 0 Å². The largest absolute Gasteiger partial charge is 0.465 e. The van der Waals surface area contributed by atoms with Gasteiger partial charge in [0.2, 0.25) is 11.8 Å². The molecule has 0 radical (unpaired) electrons. The molecule has 0 aliphatic rings. The predicted molar refractivity (Wildman–Crippen MR) is 104 cm³/mol. The van der Waals surface area contributed by atoms with Crippen molar-refractivity contribution in [2.45, 2.75) is 13.5 Å². The zero-order valence-corrected chi connectivity index (χ0v) is 15.6. The monoisotopic (exact) mass is 366 g/mol. The first-order valence-electron chi connectivity index (χ1n) is 8.37. The zero-order valence-electron chi connectivity index (χ0n) is 15.6. The second kappa shape index (κ2) is 9.33. The molecule has 2 rings (SSSR count). The van der Waals surface area contributed by atoms with Crippen molar-refractivity contribution in [3.8, 4) is 0 Å². The topological polar surface area (TPSA) is 75.7 Å². The van der Waals surface area contributed by atoms with Crippen molar-refractivity contribution < 1.29 is 19.1 Å². The highest BCUT2D eigenvalue weighted by atomic mass is 16.5. The smallest absolute Gasteiger partial charge is 0.337 e. The number of hydrogen-bond donors (Lipinski definition) is 1. The average molecular weight is 366 g/mol. The van der Waals surface area contributed by atoms with E-state index in [2.05, 4.69) is 10.1 Å². The van der Waals surface area contributed by atoms with E-state index in [9.17, 15) is 14.4 Å². The van der Waals surface area contributed by atoms with Crippen molar-refractivity contribution in [2.75, 3.05) is 19.5 Å². The normalized spacial score (nSPS) is 10.5. The van der Waals surface area contributed by atoms with E-state index >= 15 is 0 Å². The molecule has 0 atom stereocenters. The minimum absolute atomic E-state index is 0.130. The number of hydrogen-bond acceptors (Lipinski definition) is 4.